The number of hydrogen-bond acceptors (Lipinski definition) is 7. The number of carbonyl (C=O) groups is 3. The molecule has 0 saturated carbocycles. The summed E-state index contributed by atoms with van der Waals surface area (Å²) in [5.41, 5.74) is -0.184. The molecule has 7 nitrogen and oxygen atoms in total. The molecule has 0 spiro atoms. The van der Waals surface area contributed by atoms with Gasteiger partial charge in [-0.3, -0.25) is 9.59 Å². The Hall–Kier alpha value is -3.14. The fourth-order valence-electron chi connectivity index (χ4n) is 2.28. The summed E-state index contributed by atoms with van der Waals surface area (Å²) < 4.78 is 14.8. The van der Waals surface area contributed by atoms with Gasteiger partial charge in [-0.2, -0.15) is 5.26 Å². The summed E-state index contributed by atoms with van der Waals surface area (Å²) in [6, 6.07) is 9.95. The van der Waals surface area contributed by atoms with Crippen LogP contribution in [0.3, 0.4) is 0 Å². The maximum absolute atomic E-state index is 12.5. The smallest absolute Gasteiger partial charge is 0.349 e. The zero-order valence-corrected chi connectivity index (χ0v) is 15.0. The van der Waals surface area contributed by atoms with E-state index in [-0.39, 0.29) is 25.4 Å². The highest BCUT2D eigenvalue weighted by molar-refractivity contribution is 6.13. The summed E-state index contributed by atoms with van der Waals surface area (Å²) in [6.07, 6.45) is 0. The summed E-state index contributed by atoms with van der Waals surface area (Å²) in [5.74, 6) is -4.30. The molecule has 0 aromatic heterocycles. The first-order valence-corrected chi connectivity index (χ1v) is 8.21. The zero-order chi connectivity index (χ0) is 19.5. The van der Waals surface area contributed by atoms with Crippen LogP contribution in [0.25, 0.3) is 5.57 Å². The number of nitrogens with zero attached hydrogens (tertiary/aromatic N) is 1. The molecule has 0 unspecified atom stereocenters. The second-order valence-corrected chi connectivity index (χ2v) is 4.92. The number of rotatable bonds is 8. The minimum absolute atomic E-state index is 0.0259. The fourth-order valence-corrected chi connectivity index (χ4v) is 2.28. The van der Waals surface area contributed by atoms with Gasteiger partial charge in [0.15, 0.2) is 5.92 Å². The summed E-state index contributed by atoms with van der Waals surface area (Å²) in [6.45, 7) is 4.85. The highest BCUT2D eigenvalue weighted by atomic mass is 16.6. The van der Waals surface area contributed by atoms with Crippen LogP contribution < -0.4 is 0 Å². The van der Waals surface area contributed by atoms with Gasteiger partial charge in [0.1, 0.15) is 11.6 Å². The van der Waals surface area contributed by atoms with Crippen LogP contribution in [0, 0.1) is 17.2 Å². The van der Waals surface area contributed by atoms with E-state index in [0.717, 1.165) is 0 Å². The monoisotopic (exact) mass is 359 g/mol. The van der Waals surface area contributed by atoms with Crippen LogP contribution in [0.5, 0.6) is 0 Å². The van der Waals surface area contributed by atoms with Gasteiger partial charge >= 0.3 is 17.9 Å². The van der Waals surface area contributed by atoms with Crippen molar-refractivity contribution in [3.63, 3.8) is 0 Å². The molecule has 0 N–H and O–H groups in total. The van der Waals surface area contributed by atoms with Crippen molar-refractivity contribution in [2.24, 2.45) is 5.92 Å². The largest absolute Gasteiger partial charge is 0.465 e. The van der Waals surface area contributed by atoms with Gasteiger partial charge in [0.2, 0.25) is 0 Å². The van der Waals surface area contributed by atoms with Crippen molar-refractivity contribution < 1.29 is 28.6 Å². The van der Waals surface area contributed by atoms with Crippen LogP contribution in [-0.4, -0.2) is 37.7 Å². The number of benzene rings is 1. The minimum Gasteiger partial charge on any atom is -0.465 e. The van der Waals surface area contributed by atoms with Crippen molar-refractivity contribution in [1.29, 1.82) is 5.26 Å². The third-order valence-corrected chi connectivity index (χ3v) is 3.28. The van der Waals surface area contributed by atoms with E-state index >= 15 is 0 Å². The van der Waals surface area contributed by atoms with E-state index in [1.54, 1.807) is 57.2 Å². The van der Waals surface area contributed by atoms with Crippen molar-refractivity contribution in [2.45, 2.75) is 20.8 Å². The van der Waals surface area contributed by atoms with Gasteiger partial charge in [0.25, 0.3) is 0 Å². The Bertz CT molecular complexity index is 699. The van der Waals surface area contributed by atoms with Gasteiger partial charge in [-0.1, -0.05) is 30.3 Å². The first-order valence-electron chi connectivity index (χ1n) is 8.21. The molecule has 0 atom stereocenters. The molecule has 7 heteroatoms. The molecule has 26 heavy (non-hydrogen) atoms. The zero-order valence-electron chi connectivity index (χ0n) is 15.0. The molecular formula is C19H21NO6. The lowest BCUT2D eigenvalue weighted by Gasteiger charge is -2.19. The summed E-state index contributed by atoms with van der Waals surface area (Å²) in [4.78, 5) is 37.2. The normalized spacial score (nSPS) is 11.2. The molecule has 138 valence electrons. The van der Waals surface area contributed by atoms with Gasteiger partial charge in [-0.15, -0.1) is 0 Å². The Morgan fingerprint density at radius 1 is 0.923 bits per heavy atom. The predicted octanol–water partition coefficient (Wildman–Crippen LogP) is 2.27. The Kier molecular flexibility index (Phi) is 8.58. The average molecular weight is 359 g/mol. The van der Waals surface area contributed by atoms with Crippen molar-refractivity contribution >= 4 is 23.5 Å². The second kappa shape index (κ2) is 10.7. The van der Waals surface area contributed by atoms with E-state index in [1.165, 1.54) is 0 Å². The fraction of sp³-hybridized carbons (Fsp3) is 0.368. The van der Waals surface area contributed by atoms with Gasteiger partial charge in [0.05, 0.1) is 19.8 Å². The molecular weight excluding hydrogens is 338 g/mol. The number of hydrogen-bond donors (Lipinski definition) is 0. The van der Waals surface area contributed by atoms with E-state index in [0.29, 0.717) is 5.56 Å². The SMILES string of the molecule is CCOC(=O)C(C#N)=C(c1ccccc1)C(C(=O)OCC)C(=O)OCC. The van der Waals surface area contributed by atoms with Crippen LogP contribution >= 0.6 is 0 Å². The first-order chi connectivity index (χ1) is 12.5. The molecule has 0 heterocycles. The van der Waals surface area contributed by atoms with E-state index in [4.69, 9.17) is 14.2 Å². The maximum Gasteiger partial charge on any atom is 0.349 e. The number of carbonyl (C=O) groups excluding carboxylic acids is 3. The highest BCUT2D eigenvalue weighted by Crippen LogP contribution is 2.30. The third-order valence-electron chi connectivity index (χ3n) is 3.28. The number of esters is 3. The van der Waals surface area contributed by atoms with Gasteiger partial charge < -0.3 is 14.2 Å². The van der Waals surface area contributed by atoms with Crippen molar-refractivity contribution in [3.05, 3.63) is 41.5 Å². The molecule has 0 fully saturated rings. The Morgan fingerprint density at radius 3 is 1.85 bits per heavy atom. The van der Waals surface area contributed by atoms with E-state index in [9.17, 15) is 19.6 Å². The lowest BCUT2D eigenvalue weighted by Crippen LogP contribution is -2.31. The molecule has 0 aliphatic rings. The topological polar surface area (TPSA) is 103 Å². The van der Waals surface area contributed by atoms with Gasteiger partial charge in [-0.05, 0) is 26.3 Å². The molecule has 1 aromatic carbocycles. The Morgan fingerprint density at radius 2 is 1.42 bits per heavy atom. The molecule has 0 bridgehead atoms. The second-order valence-electron chi connectivity index (χ2n) is 4.92. The van der Waals surface area contributed by atoms with Gasteiger partial charge in [-0.25, -0.2) is 4.79 Å². The Balaban J connectivity index is 3.68. The molecule has 0 saturated heterocycles. The predicted molar refractivity (Wildman–Crippen MR) is 92.4 cm³/mol. The minimum atomic E-state index is -1.57. The molecule has 0 aliphatic heterocycles. The van der Waals surface area contributed by atoms with Crippen molar-refractivity contribution in [3.8, 4) is 6.07 Å². The van der Waals surface area contributed by atoms with Gasteiger partial charge in [0, 0.05) is 5.57 Å². The molecule has 0 amide bonds. The van der Waals surface area contributed by atoms with Crippen LogP contribution in [0.2, 0.25) is 0 Å². The maximum atomic E-state index is 12.5. The van der Waals surface area contributed by atoms with Crippen molar-refractivity contribution in [2.75, 3.05) is 19.8 Å². The van der Waals surface area contributed by atoms with Crippen LogP contribution in [-0.2, 0) is 28.6 Å². The quantitative estimate of drug-likeness (QED) is 0.231. The van der Waals surface area contributed by atoms with E-state index in [1.807, 2.05) is 0 Å². The summed E-state index contributed by atoms with van der Waals surface area (Å²) in [5, 5.41) is 9.51. The van der Waals surface area contributed by atoms with E-state index in [2.05, 4.69) is 0 Å². The lowest BCUT2D eigenvalue weighted by molar-refractivity contribution is -0.158. The Labute approximate surface area is 152 Å². The molecule has 0 radical (unpaired) electrons. The van der Waals surface area contributed by atoms with Crippen molar-refractivity contribution in [1.82, 2.24) is 0 Å². The molecule has 0 aliphatic carbocycles. The van der Waals surface area contributed by atoms with E-state index < -0.39 is 29.4 Å². The van der Waals surface area contributed by atoms with Crippen LogP contribution in [0.1, 0.15) is 26.3 Å². The lowest BCUT2D eigenvalue weighted by atomic mass is 9.88. The standard InChI is InChI=1S/C19H21NO6/c1-4-24-17(21)14(12-20)15(13-10-8-7-9-11-13)16(18(22)25-5-2)19(23)26-6-3/h7-11,16H,4-6H2,1-3H3. The van der Waals surface area contributed by atoms with Crippen LogP contribution in [0.15, 0.2) is 35.9 Å². The first kappa shape index (κ1) is 20.9. The highest BCUT2D eigenvalue weighted by Gasteiger charge is 2.38. The summed E-state index contributed by atoms with van der Waals surface area (Å²) in [7, 11) is 0. The molecule has 1 rings (SSSR count). The van der Waals surface area contributed by atoms with Crippen LogP contribution in [0.4, 0.5) is 0 Å². The third kappa shape index (κ3) is 5.18. The molecule has 1 aromatic rings. The number of ether oxygens (including phenoxy) is 3. The summed E-state index contributed by atoms with van der Waals surface area (Å²) >= 11 is 0. The number of nitriles is 1. The average Bonchev–Trinajstić information content (AvgIpc) is 2.63.